The lowest BCUT2D eigenvalue weighted by atomic mass is 10.1. The van der Waals surface area contributed by atoms with Gasteiger partial charge in [-0.05, 0) is 57.8 Å². The van der Waals surface area contributed by atoms with Crippen molar-refractivity contribution in [2.45, 2.75) is 148 Å². The number of carbonyl (C=O) groups is 2. The number of unbranched alkanes of at least 4 members (excludes halogenated alkanes) is 12. The molecule has 0 spiro atoms. The van der Waals surface area contributed by atoms with E-state index in [1.807, 2.05) is 45.4 Å². The molecule has 0 aliphatic rings. The number of aliphatic hydroxyl groups is 1. The van der Waals surface area contributed by atoms with E-state index in [-0.39, 0.29) is 26.1 Å². The molecule has 1 N–H and O–H groups in total. The number of likely N-dealkylation sites (N-methyl/N-ethyl adjacent to an activating group) is 1. The first kappa shape index (κ1) is 48.9. The van der Waals surface area contributed by atoms with Crippen molar-refractivity contribution in [2.75, 3.05) is 47.5 Å². The summed E-state index contributed by atoms with van der Waals surface area (Å²) < 4.78 is 33.7. The zero-order valence-corrected chi connectivity index (χ0v) is 33.5. The molecule has 0 rings (SSSR count). The maximum atomic E-state index is 12.6. The van der Waals surface area contributed by atoms with Crippen LogP contribution in [0.25, 0.3) is 0 Å². The van der Waals surface area contributed by atoms with E-state index in [1.54, 1.807) is 6.08 Å². The molecule has 0 radical (unpaired) electrons. The fourth-order valence-corrected chi connectivity index (χ4v) is 5.52. The van der Waals surface area contributed by atoms with E-state index in [4.69, 9.17) is 18.5 Å². The minimum absolute atomic E-state index is 0.0476. The number of allylic oxidation sites excluding steroid dienone is 6. The van der Waals surface area contributed by atoms with Gasteiger partial charge in [0.25, 0.3) is 7.82 Å². The summed E-state index contributed by atoms with van der Waals surface area (Å²) in [6.45, 7) is 3.89. The van der Waals surface area contributed by atoms with Gasteiger partial charge in [0.2, 0.25) is 0 Å². The Hall–Kier alpha value is -2.07. The van der Waals surface area contributed by atoms with Gasteiger partial charge in [0.15, 0.2) is 6.10 Å². The molecule has 0 aromatic heterocycles. The summed E-state index contributed by atoms with van der Waals surface area (Å²) in [7, 11) is 1.10. The zero-order valence-electron chi connectivity index (χ0n) is 32.6. The molecule has 2 unspecified atom stereocenters. The largest absolute Gasteiger partial charge is 0.756 e. The molecule has 0 aromatic carbocycles. The Bertz CT molecular complexity index is 1040. The Balaban J connectivity index is 4.52. The van der Waals surface area contributed by atoms with Crippen molar-refractivity contribution >= 4 is 19.8 Å². The van der Waals surface area contributed by atoms with Crippen LogP contribution in [0.15, 0.2) is 48.6 Å². The summed E-state index contributed by atoms with van der Waals surface area (Å²) >= 11 is 0. The molecule has 0 aromatic rings. The van der Waals surface area contributed by atoms with E-state index in [0.29, 0.717) is 30.3 Å². The van der Waals surface area contributed by atoms with Crippen LogP contribution in [-0.4, -0.2) is 81.2 Å². The van der Waals surface area contributed by atoms with Crippen molar-refractivity contribution in [3.05, 3.63) is 48.6 Å². The second-order valence-electron chi connectivity index (χ2n) is 14.1. The number of esters is 2. The Morgan fingerprint density at radius 1 is 0.725 bits per heavy atom. The zero-order chi connectivity index (χ0) is 38.1. The van der Waals surface area contributed by atoms with Crippen molar-refractivity contribution in [3.8, 4) is 0 Å². The Morgan fingerprint density at radius 3 is 1.94 bits per heavy atom. The number of hydrogen-bond donors (Lipinski definition) is 1. The third-order valence-corrected chi connectivity index (χ3v) is 8.88. The van der Waals surface area contributed by atoms with Gasteiger partial charge in [-0.2, -0.15) is 0 Å². The van der Waals surface area contributed by atoms with Crippen molar-refractivity contribution in [3.63, 3.8) is 0 Å². The molecule has 51 heavy (non-hydrogen) atoms. The van der Waals surface area contributed by atoms with Gasteiger partial charge in [0.1, 0.15) is 19.8 Å². The first-order valence-corrected chi connectivity index (χ1v) is 20.9. The highest BCUT2D eigenvalue weighted by atomic mass is 31.2. The molecule has 296 valence electrons. The number of hydrogen-bond acceptors (Lipinski definition) is 9. The van der Waals surface area contributed by atoms with Crippen LogP contribution in [0.5, 0.6) is 0 Å². The molecule has 0 aliphatic carbocycles. The average molecular weight is 742 g/mol. The normalized spacial score (nSPS) is 14.9. The van der Waals surface area contributed by atoms with Crippen molar-refractivity contribution in [2.24, 2.45) is 0 Å². The van der Waals surface area contributed by atoms with Crippen LogP contribution in [0, 0.1) is 0 Å². The fourth-order valence-electron chi connectivity index (χ4n) is 4.79. The Morgan fingerprint density at radius 2 is 1.31 bits per heavy atom. The van der Waals surface area contributed by atoms with Gasteiger partial charge in [-0.1, -0.05) is 114 Å². The van der Waals surface area contributed by atoms with Gasteiger partial charge in [-0.15, -0.1) is 0 Å². The predicted molar refractivity (Wildman–Crippen MR) is 205 cm³/mol. The maximum Gasteiger partial charge on any atom is 0.306 e. The SMILES string of the molecule is CC/C=C/CC(O)/C=C/C=C/CCCCCCCC(=O)O[C@H](COC(=O)CCCCCCC/C=C\CCCC)COP(=O)([O-])OCC[N+](C)(C)C. The summed E-state index contributed by atoms with van der Waals surface area (Å²) in [6, 6.07) is 0. The van der Waals surface area contributed by atoms with E-state index in [0.717, 1.165) is 77.0 Å². The Labute approximate surface area is 310 Å². The number of nitrogens with zero attached hydrogens (tertiary/aromatic N) is 1. The van der Waals surface area contributed by atoms with Gasteiger partial charge in [-0.3, -0.25) is 14.2 Å². The number of quaternary nitrogens is 1. The molecule has 0 amide bonds. The van der Waals surface area contributed by atoms with Gasteiger partial charge in [0.05, 0.1) is 33.9 Å². The summed E-state index contributed by atoms with van der Waals surface area (Å²) in [5, 5.41) is 9.86. The highest BCUT2D eigenvalue weighted by molar-refractivity contribution is 7.45. The van der Waals surface area contributed by atoms with E-state index in [9.17, 15) is 24.2 Å². The second kappa shape index (κ2) is 32.6. The second-order valence-corrected chi connectivity index (χ2v) is 15.5. The molecule has 0 saturated heterocycles. The lowest BCUT2D eigenvalue weighted by molar-refractivity contribution is -0.870. The van der Waals surface area contributed by atoms with Gasteiger partial charge >= 0.3 is 11.9 Å². The molecule has 11 heteroatoms. The van der Waals surface area contributed by atoms with Crippen LogP contribution < -0.4 is 4.89 Å². The van der Waals surface area contributed by atoms with Crippen molar-refractivity contribution < 1.29 is 47.2 Å². The number of phosphoric ester groups is 1. The van der Waals surface area contributed by atoms with Gasteiger partial charge in [0, 0.05) is 12.8 Å². The smallest absolute Gasteiger partial charge is 0.306 e. The molecule has 0 saturated carbocycles. The predicted octanol–water partition coefficient (Wildman–Crippen LogP) is 8.69. The number of aliphatic hydroxyl groups excluding tert-OH is 1. The Kier molecular flexibility index (Phi) is 31.2. The first-order chi connectivity index (χ1) is 24.4. The number of phosphoric acid groups is 1. The lowest BCUT2D eigenvalue weighted by Crippen LogP contribution is -2.37. The first-order valence-electron chi connectivity index (χ1n) is 19.5. The topological polar surface area (TPSA) is 131 Å². The van der Waals surface area contributed by atoms with Crippen LogP contribution in [0.2, 0.25) is 0 Å². The molecular formula is C40H72NO9P. The van der Waals surface area contributed by atoms with E-state index in [1.165, 1.54) is 12.8 Å². The van der Waals surface area contributed by atoms with Crippen LogP contribution in [-0.2, 0) is 32.7 Å². The molecule has 10 nitrogen and oxygen atoms in total. The number of ether oxygens (including phenoxy) is 2. The lowest BCUT2D eigenvalue weighted by Gasteiger charge is -2.28. The number of carbonyl (C=O) groups excluding carboxylic acids is 2. The number of rotatable bonds is 34. The maximum absolute atomic E-state index is 12.6. The van der Waals surface area contributed by atoms with Gasteiger partial charge in [-0.25, -0.2) is 0 Å². The summed E-state index contributed by atoms with van der Waals surface area (Å²) in [5.74, 6) is -0.906. The standard InChI is InChI=1S/C40H72NO9P/c1-6-8-10-11-12-13-14-17-20-23-27-31-39(43)47-35-38(36-49-51(45,46)48-34-33-41(3,4)5)50-40(44)32-28-24-21-18-15-16-19-22-26-30-37(42)29-25-9-7-2/h9,11-12,19,22,25-26,30,37-38,42H,6-8,10,13-18,20-21,23-24,27-29,31-36H2,1-5H3/b12-11-,22-19+,25-9+,30-26+/t37?,38-/m1/s1. The quantitative estimate of drug-likeness (QED) is 0.0172. The third-order valence-electron chi connectivity index (χ3n) is 7.91. The molecule has 0 bridgehead atoms. The average Bonchev–Trinajstić information content (AvgIpc) is 3.06. The fraction of sp³-hybridized carbons (Fsp3) is 0.750. The van der Waals surface area contributed by atoms with E-state index in [2.05, 4.69) is 32.1 Å². The minimum Gasteiger partial charge on any atom is -0.756 e. The molecule has 0 heterocycles. The van der Waals surface area contributed by atoms with Gasteiger partial charge < -0.3 is 33.0 Å². The van der Waals surface area contributed by atoms with Crippen LogP contribution >= 0.6 is 7.82 Å². The molecular weight excluding hydrogens is 669 g/mol. The highest BCUT2D eigenvalue weighted by Gasteiger charge is 2.21. The molecule has 3 atom stereocenters. The van der Waals surface area contributed by atoms with Crippen LogP contribution in [0.3, 0.4) is 0 Å². The summed E-state index contributed by atoms with van der Waals surface area (Å²) in [5.41, 5.74) is 0. The van der Waals surface area contributed by atoms with E-state index < -0.39 is 38.6 Å². The van der Waals surface area contributed by atoms with E-state index >= 15 is 0 Å². The van der Waals surface area contributed by atoms with Crippen molar-refractivity contribution in [1.82, 2.24) is 0 Å². The monoisotopic (exact) mass is 741 g/mol. The third kappa shape index (κ3) is 36.1. The van der Waals surface area contributed by atoms with Crippen LogP contribution in [0.1, 0.15) is 136 Å². The summed E-state index contributed by atoms with van der Waals surface area (Å²) in [6.07, 6.45) is 31.9. The summed E-state index contributed by atoms with van der Waals surface area (Å²) in [4.78, 5) is 37.3. The molecule has 0 fully saturated rings. The minimum atomic E-state index is -4.64. The van der Waals surface area contributed by atoms with Crippen LogP contribution in [0.4, 0.5) is 0 Å². The van der Waals surface area contributed by atoms with Crippen molar-refractivity contribution in [1.29, 1.82) is 0 Å². The molecule has 0 aliphatic heterocycles. The highest BCUT2D eigenvalue weighted by Crippen LogP contribution is 2.38.